The first kappa shape index (κ1) is 12.1. The Balaban J connectivity index is 3.15. The molecule has 14 heavy (non-hydrogen) atoms. The van der Waals surface area contributed by atoms with E-state index in [2.05, 4.69) is 0 Å². The van der Waals surface area contributed by atoms with Crippen molar-refractivity contribution in [2.45, 2.75) is 3.79 Å². The normalized spacial score (nSPS) is 11.5. The zero-order chi connectivity index (χ0) is 10.9. The third-order valence-electron chi connectivity index (χ3n) is 1.43. The maximum atomic E-state index is 13.2. The summed E-state index contributed by atoms with van der Waals surface area (Å²) in [5.41, 5.74) is -0.297. The molecule has 0 unspecified atom stereocenters. The lowest BCUT2D eigenvalue weighted by atomic mass is 10.1. The minimum atomic E-state index is -2.16. The summed E-state index contributed by atoms with van der Waals surface area (Å²) in [5, 5.41) is 0.170. The monoisotopic (exact) mass is 274 g/mol. The van der Waals surface area contributed by atoms with Crippen LogP contribution in [0.25, 0.3) is 0 Å². The van der Waals surface area contributed by atoms with Crippen LogP contribution >= 0.6 is 46.4 Å². The van der Waals surface area contributed by atoms with Gasteiger partial charge in [-0.15, -0.1) is 0 Å². The second-order valence-electron chi connectivity index (χ2n) is 2.45. The lowest BCUT2D eigenvalue weighted by molar-refractivity contribution is 0.0992. The van der Waals surface area contributed by atoms with E-state index in [9.17, 15) is 9.18 Å². The maximum absolute atomic E-state index is 13.2. The Morgan fingerprint density at radius 1 is 1.29 bits per heavy atom. The molecule has 76 valence electrons. The number of ketones is 1. The Labute approximate surface area is 99.7 Å². The van der Waals surface area contributed by atoms with Gasteiger partial charge in [-0.3, -0.25) is 4.79 Å². The van der Waals surface area contributed by atoms with Crippen LogP contribution in [0, 0.1) is 5.82 Å². The van der Waals surface area contributed by atoms with Crippen molar-refractivity contribution < 1.29 is 9.18 Å². The van der Waals surface area contributed by atoms with Crippen molar-refractivity contribution >= 4 is 52.2 Å². The van der Waals surface area contributed by atoms with Crippen molar-refractivity contribution in [2.75, 3.05) is 0 Å². The highest BCUT2D eigenvalue weighted by molar-refractivity contribution is 6.77. The third-order valence-corrected chi connectivity index (χ3v) is 2.18. The molecule has 0 N–H and O–H groups in total. The summed E-state index contributed by atoms with van der Waals surface area (Å²) < 4.78 is 11.0. The average molecular weight is 276 g/mol. The maximum Gasteiger partial charge on any atom is 0.253 e. The lowest BCUT2D eigenvalue weighted by Crippen LogP contribution is -2.20. The van der Waals surface area contributed by atoms with Crippen molar-refractivity contribution in [3.05, 3.63) is 34.6 Å². The standard InChI is InChI=1S/C8H3Cl4FO/c9-4-1-2-5(6(13)3-4)7(14)8(10,11)12/h1-3H. The first-order chi connectivity index (χ1) is 6.32. The Kier molecular flexibility index (Phi) is 3.64. The van der Waals surface area contributed by atoms with Crippen LogP contribution in [0.3, 0.4) is 0 Å². The van der Waals surface area contributed by atoms with Crippen LogP contribution in [0.4, 0.5) is 4.39 Å². The Hall–Kier alpha value is -0.0200. The van der Waals surface area contributed by atoms with E-state index in [1.807, 2.05) is 0 Å². The topological polar surface area (TPSA) is 17.1 Å². The highest BCUT2D eigenvalue weighted by Crippen LogP contribution is 2.31. The minimum absolute atomic E-state index is 0.170. The highest BCUT2D eigenvalue weighted by Gasteiger charge is 2.33. The number of hydrogen-bond donors (Lipinski definition) is 0. The number of alkyl halides is 3. The fraction of sp³-hybridized carbons (Fsp3) is 0.125. The first-order valence-corrected chi connectivity index (χ1v) is 4.90. The van der Waals surface area contributed by atoms with Gasteiger partial charge in [-0.2, -0.15) is 0 Å². The summed E-state index contributed by atoms with van der Waals surface area (Å²) in [6.45, 7) is 0. The molecule has 0 aliphatic rings. The molecule has 0 radical (unpaired) electrons. The molecule has 0 atom stereocenters. The number of rotatable bonds is 1. The molecule has 0 saturated carbocycles. The predicted molar refractivity (Wildman–Crippen MR) is 56.0 cm³/mol. The molecule has 1 aromatic carbocycles. The molecule has 1 aromatic rings. The van der Waals surface area contributed by atoms with Crippen LogP contribution < -0.4 is 0 Å². The van der Waals surface area contributed by atoms with Crippen molar-refractivity contribution in [3.8, 4) is 0 Å². The molecular formula is C8H3Cl4FO. The summed E-state index contributed by atoms with van der Waals surface area (Å²) >= 11 is 21.4. The van der Waals surface area contributed by atoms with Gasteiger partial charge in [0.15, 0.2) is 0 Å². The Morgan fingerprint density at radius 2 is 1.86 bits per heavy atom. The summed E-state index contributed by atoms with van der Waals surface area (Å²) in [6.07, 6.45) is 0. The van der Waals surface area contributed by atoms with Gasteiger partial charge in [0.2, 0.25) is 5.78 Å². The molecule has 0 saturated heterocycles. The van der Waals surface area contributed by atoms with E-state index >= 15 is 0 Å². The Bertz CT molecular complexity index is 372. The molecule has 1 nitrogen and oxygen atoms in total. The van der Waals surface area contributed by atoms with Crippen LogP contribution in [-0.2, 0) is 0 Å². The molecule has 0 spiro atoms. The van der Waals surface area contributed by atoms with E-state index < -0.39 is 15.4 Å². The summed E-state index contributed by atoms with van der Waals surface area (Å²) in [7, 11) is 0. The number of Topliss-reactive ketones (excluding diaryl/α,β-unsaturated/α-hetero) is 1. The summed E-state index contributed by atoms with van der Waals surface area (Å²) in [5.74, 6) is -1.73. The van der Waals surface area contributed by atoms with Gasteiger partial charge in [0.1, 0.15) is 5.82 Å². The molecule has 0 heterocycles. The van der Waals surface area contributed by atoms with Crippen LogP contribution in [-0.4, -0.2) is 9.58 Å². The number of carbonyl (C=O) groups is 1. The van der Waals surface area contributed by atoms with E-state index in [1.54, 1.807) is 0 Å². The Morgan fingerprint density at radius 3 is 2.29 bits per heavy atom. The fourth-order valence-electron chi connectivity index (χ4n) is 0.826. The molecule has 0 amide bonds. The summed E-state index contributed by atoms with van der Waals surface area (Å²) in [4.78, 5) is 11.3. The van der Waals surface area contributed by atoms with E-state index in [0.717, 1.165) is 6.07 Å². The van der Waals surface area contributed by atoms with Gasteiger partial charge >= 0.3 is 0 Å². The first-order valence-electron chi connectivity index (χ1n) is 3.39. The molecular weight excluding hydrogens is 273 g/mol. The second kappa shape index (κ2) is 4.23. The van der Waals surface area contributed by atoms with Crippen molar-refractivity contribution in [1.29, 1.82) is 0 Å². The zero-order valence-electron chi connectivity index (χ0n) is 6.53. The highest BCUT2D eigenvalue weighted by atomic mass is 35.6. The zero-order valence-corrected chi connectivity index (χ0v) is 9.55. The summed E-state index contributed by atoms with van der Waals surface area (Å²) in [6, 6.07) is 3.49. The number of halogens is 5. The van der Waals surface area contributed by atoms with Gasteiger partial charge in [0, 0.05) is 5.02 Å². The average Bonchev–Trinajstić information content (AvgIpc) is 2.01. The minimum Gasteiger partial charge on any atom is -0.289 e. The fourth-order valence-corrected chi connectivity index (χ4v) is 1.29. The van der Waals surface area contributed by atoms with Gasteiger partial charge < -0.3 is 0 Å². The predicted octanol–water partition coefficient (Wildman–Crippen LogP) is 4.03. The largest absolute Gasteiger partial charge is 0.289 e. The number of carbonyl (C=O) groups excluding carboxylic acids is 1. The van der Waals surface area contributed by atoms with Crippen LogP contribution in [0.5, 0.6) is 0 Å². The van der Waals surface area contributed by atoms with E-state index in [0.29, 0.717) is 0 Å². The molecule has 0 bridgehead atoms. The number of benzene rings is 1. The van der Waals surface area contributed by atoms with Crippen molar-refractivity contribution in [1.82, 2.24) is 0 Å². The van der Waals surface area contributed by atoms with Gasteiger partial charge in [-0.25, -0.2) is 4.39 Å². The smallest absolute Gasteiger partial charge is 0.253 e. The molecule has 0 aliphatic carbocycles. The number of hydrogen-bond acceptors (Lipinski definition) is 1. The molecule has 0 aliphatic heterocycles. The van der Waals surface area contributed by atoms with Gasteiger partial charge in [-0.1, -0.05) is 46.4 Å². The van der Waals surface area contributed by atoms with Crippen molar-refractivity contribution in [3.63, 3.8) is 0 Å². The third kappa shape index (κ3) is 2.74. The van der Waals surface area contributed by atoms with Crippen LogP contribution in [0.15, 0.2) is 18.2 Å². The second-order valence-corrected chi connectivity index (χ2v) is 5.17. The van der Waals surface area contributed by atoms with Crippen LogP contribution in [0.2, 0.25) is 5.02 Å². The van der Waals surface area contributed by atoms with Gasteiger partial charge in [0.25, 0.3) is 3.79 Å². The van der Waals surface area contributed by atoms with E-state index in [4.69, 9.17) is 46.4 Å². The van der Waals surface area contributed by atoms with Crippen molar-refractivity contribution in [2.24, 2.45) is 0 Å². The molecule has 6 heteroatoms. The molecule has 1 rings (SSSR count). The van der Waals surface area contributed by atoms with Gasteiger partial charge in [-0.05, 0) is 18.2 Å². The van der Waals surface area contributed by atoms with E-state index in [1.165, 1.54) is 12.1 Å². The van der Waals surface area contributed by atoms with Crippen LogP contribution in [0.1, 0.15) is 10.4 Å². The quantitative estimate of drug-likeness (QED) is 0.559. The van der Waals surface area contributed by atoms with Gasteiger partial charge in [0.05, 0.1) is 5.56 Å². The van der Waals surface area contributed by atoms with E-state index in [-0.39, 0.29) is 10.6 Å². The lowest BCUT2D eigenvalue weighted by Gasteiger charge is -2.09. The SMILES string of the molecule is O=C(c1ccc(Cl)cc1F)C(Cl)(Cl)Cl. The molecule has 0 aromatic heterocycles. The molecule has 0 fully saturated rings.